The van der Waals surface area contributed by atoms with E-state index in [0.29, 0.717) is 157 Å². The average Bonchev–Trinajstić information content (AvgIpc) is 3.23. The van der Waals surface area contributed by atoms with Gasteiger partial charge in [-0.25, -0.2) is 0 Å². The van der Waals surface area contributed by atoms with Crippen LogP contribution in [0.2, 0.25) is 5.04 Å². The molecule has 0 atom stereocenters. The van der Waals surface area contributed by atoms with Gasteiger partial charge < -0.3 is 62.3 Å². The van der Waals surface area contributed by atoms with Gasteiger partial charge in [-0.2, -0.15) is 0 Å². The van der Waals surface area contributed by atoms with Gasteiger partial charge in [0.05, 0.1) is 144 Å². The molecule has 2 N–H and O–H groups in total. The monoisotopic (exact) mass is 831 g/mol. The van der Waals surface area contributed by atoms with Crippen molar-refractivity contribution in [2.75, 3.05) is 151 Å². The molecular weight excluding hydrogens is 763 g/mol. The fourth-order valence-electron chi connectivity index (χ4n) is 5.92. The molecule has 0 saturated carbocycles. The molecule has 3 aromatic rings. The van der Waals surface area contributed by atoms with E-state index in [2.05, 4.69) is 81.4 Å². The van der Waals surface area contributed by atoms with Gasteiger partial charge in [-0.1, -0.05) is 93.6 Å². The molecule has 0 aliphatic heterocycles. The molecule has 0 radical (unpaired) electrons. The highest BCUT2D eigenvalue weighted by Crippen LogP contribution is 2.36. The second-order valence-corrected chi connectivity index (χ2v) is 18.3. The third-order valence-electron chi connectivity index (χ3n) is 8.72. The first-order valence-electron chi connectivity index (χ1n) is 20.4. The third-order valence-corrected chi connectivity index (χ3v) is 13.8. The van der Waals surface area contributed by atoms with Crippen LogP contribution in [0, 0.1) is 0 Å². The highest BCUT2D eigenvalue weighted by Gasteiger charge is 2.50. The number of rotatable bonds is 37. The van der Waals surface area contributed by atoms with Crippen LogP contribution in [0.4, 0.5) is 5.69 Å². The fraction of sp³-hybridized carbons (Fsp3) is 0.591. The lowest BCUT2D eigenvalue weighted by Crippen LogP contribution is -2.66. The first-order valence-corrected chi connectivity index (χ1v) is 22.4. The number of hydrogen-bond donors (Lipinski definition) is 1. The molecule has 0 fully saturated rings. The molecule has 14 heteroatoms. The Morgan fingerprint density at radius 1 is 0.362 bits per heavy atom. The van der Waals surface area contributed by atoms with Crippen LogP contribution in [0.25, 0.3) is 0 Å². The van der Waals surface area contributed by atoms with Crippen LogP contribution in [-0.2, 0) is 51.8 Å². The summed E-state index contributed by atoms with van der Waals surface area (Å²) in [5.74, 6) is 0.667. The third kappa shape index (κ3) is 20.8. The number of ether oxygens (including phenoxy) is 11. The zero-order chi connectivity index (χ0) is 41.3. The maximum absolute atomic E-state index is 6.85. The summed E-state index contributed by atoms with van der Waals surface area (Å²) in [6.45, 7) is 17.7. The van der Waals surface area contributed by atoms with Gasteiger partial charge in [0.1, 0.15) is 12.4 Å². The highest BCUT2D eigenvalue weighted by atomic mass is 28.4. The van der Waals surface area contributed by atoms with Gasteiger partial charge in [0.25, 0.3) is 8.32 Å². The van der Waals surface area contributed by atoms with Crippen LogP contribution >= 0.6 is 0 Å². The molecule has 0 aliphatic carbocycles. The summed E-state index contributed by atoms with van der Waals surface area (Å²) in [7, 11) is -2.54. The fourth-order valence-corrected chi connectivity index (χ4v) is 10.5. The quantitative estimate of drug-likeness (QED) is 0.0501. The Hall–Kier alpha value is -2.96. The van der Waals surface area contributed by atoms with Crippen LogP contribution in [0.3, 0.4) is 0 Å². The van der Waals surface area contributed by atoms with Crippen LogP contribution in [0.5, 0.6) is 5.75 Å². The summed E-state index contributed by atoms with van der Waals surface area (Å²) >= 11 is 0. The van der Waals surface area contributed by atoms with Crippen LogP contribution < -0.4 is 20.8 Å². The van der Waals surface area contributed by atoms with E-state index in [4.69, 9.17) is 62.3 Å². The molecule has 0 saturated heterocycles. The lowest BCUT2D eigenvalue weighted by molar-refractivity contribution is -0.0270. The predicted octanol–water partition coefficient (Wildman–Crippen LogP) is 4.39. The van der Waals surface area contributed by atoms with Gasteiger partial charge in [0.2, 0.25) is 0 Å². The van der Waals surface area contributed by atoms with Crippen molar-refractivity contribution < 1.29 is 56.5 Å². The Labute approximate surface area is 347 Å². The molecule has 0 spiro atoms. The van der Waals surface area contributed by atoms with Gasteiger partial charge in [-0.3, -0.25) is 0 Å². The molecule has 326 valence electrons. The molecule has 3 aromatic carbocycles. The number of para-hydroxylation sites is 2. The number of nitrogens with two attached hydrogens (primary N) is 1. The summed E-state index contributed by atoms with van der Waals surface area (Å²) in [5, 5.41) is 2.47. The molecule has 0 aromatic heterocycles. The van der Waals surface area contributed by atoms with E-state index in [1.165, 1.54) is 10.4 Å². The largest absolute Gasteiger partial charge is 0.489 e. The first kappa shape index (κ1) is 49.4. The van der Waals surface area contributed by atoms with Crippen LogP contribution in [0.1, 0.15) is 20.8 Å². The summed E-state index contributed by atoms with van der Waals surface area (Å²) < 4.78 is 68.2. The molecule has 58 heavy (non-hydrogen) atoms. The van der Waals surface area contributed by atoms with Crippen molar-refractivity contribution in [3.63, 3.8) is 0 Å². The minimum Gasteiger partial charge on any atom is -0.489 e. The second kappa shape index (κ2) is 31.9. The minimum atomic E-state index is -2.54. The van der Waals surface area contributed by atoms with E-state index in [1.54, 1.807) is 6.07 Å². The smallest absolute Gasteiger partial charge is 0.261 e. The van der Waals surface area contributed by atoms with E-state index in [-0.39, 0.29) is 5.04 Å². The van der Waals surface area contributed by atoms with Gasteiger partial charge >= 0.3 is 0 Å². The second-order valence-electron chi connectivity index (χ2n) is 14.0. The summed E-state index contributed by atoms with van der Waals surface area (Å²) in [4.78, 5) is 0. The van der Waals surface area contributed by atoms with Crippen molar-refractivity contribution in [2.24, 2.45) is 0 Å². The normalized spacial score (nSPS) is 12.0. The Balaban J connectivity index is 0.995. The van der Waals surface area contributed by atoms with Gasteiger partial charge in [0, 0.05) is 0 Å². The molecule has 0 amide bonds. The molecule has 0 heterocycles. The van der Waals surface area contributed by atoms with Crippen molar-refractivity contribution in [2.45, 2.75) is 25.8 Å². The van der Waals surface area contributed by atoms with Crippen molar-refractivity contribution >= 4 is 24.4 Å². The number of nitrogen functional groups attached to an aromatic ring is 1. The predicted molar refractivity (Wildman–Crippen MR) is 228 cm³/mol. The standard InChI is InChI=1S/C44H69NO12Si/c1-44(2,3)58(40-12-6-4-7-13-40,41-14-8-5-9-15-41)57-39-37-55-35-33-53-31-29-51-27-25-49-23-21-47-19-18-46-20-22-48-24-26-50-28-30-52-32-34-54-36-38-56-43-17-11-10-16-42(43)45/h4-17H,18-39,45H2,1-3H3. The maximum atomic E-state index is 6.85. The van der Waals surface area contributed by atoms with E-state index in [1.807, 2.05) is 18.2 Å². The van der Waals surface area contributed by atoms with E-state index >= 15 is 0 Å². The van der Waals surface area contributed by atoms with Crippen molar-refractivity contribution in [3.8, 4) is 5.75 Å². The van der Waals surface area contributed by atoms with E-state index < -0.39 is 8.32 Å². The van der Waals surface area contributed by atoms with Crippen molar-refractivity contribution in [1.29, 1.82) is 0 Å². The first-order chi connectivity index (χ1) is 28.4. The van der Waals surface area contributed by atoms with Gasteiger partial charge in [-0.05, 0) is 27.5 Å². The van der Waals surface area contributed by atoms with Gasteiger partial charge in [-0.15, -0.1) is 0 Å². The highest BCUT2D eigenvalue weighted by molar-refractivity contribution is 6.99. The van der Waals surface area contributed by atoms with Crippen LogP contribution in [0.15, 0.2) is 84.9 Å². The van der Waals surface area contributed by atoms with Gasteiger partial charge in [0.15, 0.2) is 0 Å². The number of hydrogen-bond acceptors (Lipinski definition) is 13. The van der Waals surface area contributed by atoms with E-state index in [0.717, 1.165) is 0 Å². The topological polar surface area (TPSA) is 137 Å². The molecule has 0 bridgehead atoms. The van der Waals surface area contributed by atoms with Crippen molar-refractivity contribution in [1.82, 2.24) is 0 Å². The van der Waals surface area contributed by atoms with Crippen LogP contribution in [-0.4, -0.2) is 154 Å². The molecule has 3 rings (SSSR count). The summed E-state index contributed by atoms with van der Waals surface area (Å²) in [6.07, 6.45) is 0. The molecule has 0 unspecified atom stereocenters. The summed E-state index contributed by atoms with van der Waals surface area (Å²) in [5.41, 5.74) is 6.45. The average molecular weight is 832 g/mol. The Morgan fingerprint density at radius 2 is 0.638 bits per heavy atom. The molecular formula is C44H69NO12Si. The molecule has 13 nitrogen and oxygen atoms in total. The maximum Gasteiger partial charge on any atom is 0.261 e. The summed E-state index contributed by atoms with van der Waals surface area (Å²) in [6, 6.07) is 28.7. The molecule has 0 aliphatic rings. The lowest BCUT2D eigenvalue weighted by Gasteiger charge is -2.43. The Bertz CT molecular complexity index is 1350. The number of benzene rings is 3. The zero-order valence-corrected chi connectivity index (χ0v) is 36.1. The SMILES string of the molecule is CC(C)(C)[Si](OCCOCCOCCOCCOCCOCCOCCOCCOCCOCCOCCOc1ccccc1N)(c1ccccc1)c1ccccc1. The Kier molecular flexibility index (Phi) is 27.2. The number of anilines is 1. The minimum absolute atomic E-state index is 0.0594. The van der Waals surface area contributed by atoms with Crippen molar-refractivity contribution in [3.05, 3.63) is 84.9 Å². The zero-order valence-electron chi connectivity index (χ0n) is 35.1. The lowest BCUT2D eigenvalue weighted by atomic mass is 10.2. The van der Waals surface area contributed by atoms with E-state index in [9.17, 15) is 0 Å². The Morgan fingerprint density at radius 3 is 0.948 bits per heavy atom.